The quantitative estimate of drug-likeness (QED) is 0.169. The molecule has 198 valence electrons. The summed E-state index contributed by atoms with van der Waals surface area (Å²) in [5.74, 6) is 0.694. The average molecular weight is 554 g/mol. The number of carbonyl (C=O) groups is 1. The number of anilines is 1. The Kier molecular flexibility index (Phi) is 8.14. The number of benzene rings is 1. The molecule has 1 saturated carbocycles. The normalized spacial score (nSPS) is 13.8. The molecule has 1 aromatic carbocycles. The monoisotopic (exact) mass is 553 g/mol. The van der Waals surface area contributed by atoms with Crippen LogP contribution in [0.4, 0.5) is 10.3 Å². The number of hydrogen-bond donors (Lipinski definition) is 0. The standard InChI is InChI=1S/C28H29ClFN5O2S/c1-3-37-25(36)17-34(21-7-5-6-8-21)28-31-14-13-22(32-28)26-23-15-19(29)16-24(38-4-2)35(23)33-27(26)18-9-11-20(30)12-10-18/h9-16,21H,3-8,17H2,1-2H3. The minimum Gasteiger partial charge on any atom is -0.465 e. The maximum atomic E-state index is 13.8. The third kappa shape index (κ3) is 5.49. The van der Waals surface area contributed by atoms with E-state index >= 15 is 0 Å². The van der Waals surface area contributed by atoms with E-state index in [4.69, 9.17) is 26.4 Å². The van der Waals surface area contributed by atoms with Gasteiger partial charge in [-0.1, -0.05) is 31.4 Å². The number of thioether (sulfide) groups is 1. The molecule has 1 fully saturated rings. The van der Waals surface area contributed by atoms with Crippen LogP contribution in [-0.2, 0) is 9.53 Å². The lowest BCUT2D eigenvalue weighted by molar-refractivity contribution is -0.141. The van der Waals surface area contributed by atoms with E-state index in [1.807, 2.05) is 27.6 Å². The largest absolute Gasteiger partial charge is 0.465 e. The van der Waals surface area contributed by atoms with Crippen molar-refractivity contribution >= 4 is 40.8 Å². The number of nitrogens with zero attached hydrogens (tertiary/aromatic N) is 5. The molecule has 1 aliphatic rings. The third-order valence-corrected chi connectivity index (χ3v) is 7.70. The van der Waals surface area contributed by atoms with E-state index in [1.54, 1.807) is 37.0 Å². The molecule has 0 unspecified atom stereocenters. The Morgan fingerprint density at radius 2 is 1.95 bits per heavy atom. The van der Waals surface area contributed by atoms with Gasteiger partial charge in [-0.3, -0.25) is 4.79 Å². The number of esters is 1. The topological polar surface area (TPSA) is 72.6 Å². The number of halogens is 2. The van der Waals surface area contributed by atoms with E-state index in [0.717, 1.165) is 53.1 Å². The maximum Gasteiger partial charge on any atom is 0.325 e. The predicted octanol–water partition coefficient (Wildman–Crippen LogP) is 6.67. The number of ether oxygens (including phenoxy) is 1. The summed E-state index contributed by atoms with van der Waals surface area (Å²) >= 11 is 8.19. The molecule has 10 heteroatoms. The van der Waals surface area contributed by atoms with Crippen LogP contribution in [0.2, 0.25) is 5.02 Å². The Hall–Kier alpha value is -3.17. The number of pyridine rings is 1. The van der Waals surface area contributed by atoms with Crippen LogP contribution in [0.15, 0.2) is 53.7 Å². The van der Waals surface area contributed by atoms with Gasteiger partial charge in [-0.25, -0.2) is 18.9 Å². The van der Waals surface area contributed by atoms with Crippen molar-refractivity contribution in [3.05, 3.63) is 59.5 Å². The first-order chi connectivity index (χ1) is 18.5. The maximum absolute atomic E-state index is 13.8. The van der Waals surface area contributed by atoms with Crippen molar-refractivity contribution in [1.29, 1.82) is 0 Å². The number of fused-ring (bicyclic) bond motifs is 1. The van der Waals surface area contributed by atoms with E-state index in [1.165, 1.54) is 12.1 Å². The molecule has 7 nitrogen and oxygen atoms in total. The zero-order valence-corrected chi connectivity index (χ0v) is 22.9. The Balaban J connectivity index is 1.68. The van der Waals surface area contributed by atoms with Gasteiger partial charge < -0.3 is 9.64 Å². The fourth-order valence-electron chi connectivity index (χ4n) is 4.95. The highest BCUT2D eigenvalue weighted by Gasteiger charge is 2.28. The minimum atomic E-state index is -0.320. The molecule has 3 aromatic heterocycles. The first-order valence-electron chi connectivity index (χ1n) is 12.8. The molecule has 0 saturated heterocycles. The van der Waals surface area contributed by atoms with Crippen LogP contribution in [0.3, 0.4) is 0 Å². The van der Waals surface area contributed by atoms with Gasteiger partial charge in [0.05, 0.1) is 28.4 Å². The third-order valence-electron chi connectivity index (χ3n) is 6.60. The van der Waals surface area contributed by atoms with Gasteiger partial charge in [-0.15, -0.1) is 11.8 Å². The smallest absolute Gasteiger partial charge is 0.325 e. The van der Waals surface area contributed by atoms with Gasteiger partial charge in [0, 0.05) is 22.8 Å². The van der Waals surface area contributed by atoms with Gasteiger partial charge in [-0.05, 0) is 68.0 Å². The molecule has 0 spiro atoms. The first-order valence-corrected chi connectivity index (χ1v) is 14.2. The predicted molar refractivity (Wildman–Crippen MR) is 149 cm³/mol. The van der Waals surface area contributed by atoms with Crippen molar-refractivity contribution in [3.8, 4) is 22.5 Å². The molecule has 4 aromatic rings. The van der Waals surface area contributed by atoms with Crippen LogP contribution in [0, 0.1) is 5.82 Å². The summed E-state index contributed by atoms with van der Waals surface area (Å²) in [5, 5.41) is 6.42. The lowest BCUT2D eigenvalue weighted by atomic mass is 10.0. The van der Waals surface area contributed by atoms with Crippen molar-refractivity contribution in [1.82, 2.24) is 19.6 Å². The minimum absolute atomic E-state index is 0.0880. The number of hydrogen-bond acceptors (Lipinski definition) is 7. The Labute approximate surface area is 230 Å². The molecular weight excluding hydrogens is 525 g/mol. The van der Waals surface area contributed by atoms with Gasteiger partial charge in [0.2, 0.25) is 5.95 Å². The highest BCUT2D eigenvalue weighted by atomic mass is 35.5. The molecular formula is C28H29ClFN5O2S. The van der Waals surface area contributed by atoms with Crippen molar-refractivity contribution < 1.29 is 13.9 Å². The van der Waals surface area contributed by atoms with E-state index < -0.39 is 0 Å². The molecule has 0 aliphatic heterocycles. The SMILES string of the molecule is CCOC(=O)CN(c1nccc(-c2c(-c3ccc(F)cc3)nn3c(SCC)cc(Cl)cc23)n1)C1CCCC1. The van der Waals surface area contributed by atoms with Crippen LogP contribution in [0.5, 0.6) is 0 Å². The van der Waals surface area contributed by atoms with Gasteiger partial charge in [0.1, 0.15) is 18.1 Å². The number of carbonyl (C=O) groups excluding carboxylic acids is 1. The highest BCUT2D eigenvalue weighted by molar-refractivity contribution is 7.99. The summed E-state index contributed by atoms with van der Waals surface area (Å²) < 4.78 is 20.9. The molecule has 38 heavy (non-hydrogen) atoms. The lowest BCUT2D eigenvalue weighted by Crippen LogP contribution is -2.39. The molecule has 5 rings (SSSR count). The van der Waals surface area contributed by atoms with Gasteiger partial charge >= 0.3 is 5.97 Å². The van der Waals surface area contributed by atoms with E-state index in [9.17, 15) is 9.18 Å². The van der Waals surface area contributed by atoms with Crippen LogP contribution in [0.25, 0.3) is 28.0 Å². The average Bonchev–Trinajstić information content (AvgIpc) is 3.57. The Morgan fingerprint density at radius 1 is 1.18 bits per heavy atom. The molecule has 0 radical (unpaired) electrons. The van der Waals surface area contributed by atoms with Crippen LogP contribution in [-0.4, -0.2) is 50.5 Å². The van der Waals surface area contributed by atoms with Crippen molar-refractivity contribution in [3.63, 3.8) is 0 Å². The van der Waals surface area contributed by atoms with E-state index in [-0.39, 0.29) is 24.4 Å². The van der Waals surface area contributed by atoms with Crippen LogP contribution >= 0.6 is 23.4 Å². The molecule has 0 amide bonds. The number of rotatable bonds is 9. The highest BCUT2D eigenvalue weighted by Crippen LogP contribution is 2.38. The molecule has 0 bridgehead atoms. The van der Waals surface area contributed by atoms with Gasteiger partial charge in [0.15, 0.2) is 0 Å². The fourth-order valence-corrected chi connectivity index (χ4v) is 5.99. The second-order valence-corrected chi connectivity index (χ2v) is 10.8. The van der Waals surface area contributed by atoms with Gasteiger partial charge in [0.25, 0.3) is 0 Å². The first kappa shape index (κ1) is 26.4. The summed E-state index contributed by atoms with van der Waals surface area (Å²) in [5.41, 5.74) is 3.62. The second-order valence-electron chi connectivity index (χ2n) is 9.09. The lowest BCUT2D eigenvalue weighted by Gasteiger charge is -2.28. The Bertz CT molecular complexity index is 1440. The fraction of sp³-hybridized carbons (Fsp3) is 0.357. The summed E-state index contributed by atoms with van der Waals surface area (Å²) in [4.78, 5) is 24.0. The summed E-state index contributed by atoms with van der Waals surface area (Å²) in [7, 11) is 0. The Morgan fingerprint density at radius 3 is 2.66 bits per heavy atom. The molecule has 1 aliphatic carbocycles. The van der Waals surface area contributed by atoms with Gasteiger partial charge in [-0.2, -0.15) is 5.10 Å². The second kappa shape index (κ2) is 11.7. The number of aromatic nitrogens is 4. The van der Waals surface area contributed by atoms with E-state index in [0.29, 0.717) is 29.0 Å². The molecule has 0 N–H and O–H groups in total. The van der Waals surface area contributed by atoms with Crippen LogP contribution in [0.1, 0.15) is 39.5 Å². The summed E-state index contributed by atoms with van der Waals surface area (Å²) in [6.45, 7) is 4.28. The molecule has 3 heterocycles. The van der Waals surface area contributed by atoms with E-state index in [2.05, 4.69) is 11.9 Å². The molecule has 0 atom stereocenters. The summed E-state index contributed by atoms with van der Waals surface area (Å²) in [6, 6.07) is 12.0. The summed E-state index contributed by atoms with van der Waals surface area (Å²) in [6.07, 6.45) is 5.84. The van der Waals surface area contributed by atoms with Crippen LogP contribution < -0.4 is 4.90 Å². The zero-order chi connectivity index (χ0) is 26.6. The zero-order valence-electron chi connectivity index (χ0n) is 21.4. The van der Waals surface area contributed by atoms with Crippen molar-refractivity contribution in [2.75, 3.05) is 23.8 Å². The van der Waals surface area contributed by atoms with Crippen molar-refractivity contribution in [2.24, 2.45) is 0 Å². The van der Waals surface area contributed by atoms with Crippen molar-refractivity contribution in [2.45, 2.75) is 50.6 Å².